The van der Waals surface area contributed by atoms with E-state index in [2.05, 4.69) is 160 Å². The Bertz CT molecular complexity index is 2250. The van der Waals surface area contributed by atoms with Gasteiger partial charge in [0.15, 0.2) is 0 Å². The van der Waals surface area contributed by atoms with E-state index in [9.17, 15) is 21.6 Å². The number of anilines is 3. The van der Waals surface area contributed by atoms with Crippen LogP contribution in [0.5, 0.6) is 11.5 Å². The van der Waals surface area contributed by atoms with Gasteiger partial charge in [-0.2, -0.15) is 4.72 Å². The SMILES string of the molecule is C.CI.COc1ccc(S(=O)(=O)Cl)cc1.COc1ccc(S(=O)(=O)N[C@@H](CNc2nc(C)nc(N3CCC(c4ccc5c(n4)NCCC5)CC3)c2C)C(C)=O)cc1.[I][V]([I])[I].[I][V][I]. The molecular weight excluding hydrogens is 1640 g/mol. The Morgan fingerprint density at radius 1 is 0.906 bits per heavy atom. The third-order valence-electron chi connectivity index (χ3n) is 9.33. The summed E-state index contributed by atoms with van der Waals surface area (Å²) in [5.41, 5.74) is 3.30. The van der Waals surface area contributed by atoms with Gasteiger partial charge in [0.2, 0.25) is 10.0 Å². The zero-order chi connectivity index (χ0) is 47.3. The zero-order valence-electron chi connectivity index (χ0n) is 35.1. The van der Waals surface area contributed by atoms with Crippen molar-refractivity contribution in [3.63, 3.8) is 0 Å². The molecule has 0 amide bonds. The van der Waals surface area contributed by atoms with E-state index in [0.29, 0.717) is 38.5 Å². The summed E-state index contributed by atoms with van der Waals surface area (Å²) < 4.78 is 59.9. The molecule has 6 rings (SSSR count). The maximum atomic E-state index is 13.0. The van der Waals surface area contributed by atoms with Gasteiger partial charge in [0.25, 0.3) is 9.05 Å². The van der Waals surface area contributed by atoms with Gasteiger partial charge in [-0.15, -0.1) is 0 Å². The molecule has 64 heavy (non-hydrogen) atoms. The number of hydrogen-bond acceptors (Lipinski definition) is 13. The van der Waals surface area contributed by atoms with Gasteiger partial charge in [0.1, 0.15) is 40.6 Å². The number of Topliss-reactive ketones (excluding diaryl/α,β-unsaturated/α-hetero) is 1. The molecule has 0 saturated carbocycles. The van der Waals surface area contributed by atoms with Crippen LogP contribution in [-0.4, -0.2) is 88.9 Å². The first-order valence-corrected chi connectivity index (χ1v) is 47.2. The van der Waals surface area contributed by atoms with Gasteiger partial charge < -0.3 is 25.0 Å². The number of benzene rings is 2. The van der Waals surface area contributed by atoms with Crippen molar-refractivity contribution >= 4 is 175 Å². The van der Waals surface area contributed by atoms with E-state index in [0.717, 1.165) is 68.2 Å². The number of carbonyl (C=O) groups is 1. The van der Waals surface area contributed by atoms with Crippen molar-refractivity contribution in [2.75, 3.05) is 60.9 Å². The average Bonchev–Trinajstić information content (AvgIpc) is 3.26. The van der Waals surface area contributed by atoms with Crippen LogP contribution in [-0.2, 0) is 44.7 Å². The van der Waals surface area contributed by atoms with Crippen molar-refractivity contribution in [3.8, 4) is 11.5 Å². The Morgan fingerprint density at radius 2 is 1.42 bits per heavy atom. The van der Waals surface area contributed by atoms with Gasteiger partial charge in [0.05, 0.1) is 30.1 Å². The minimum absolute atomic E-state index is 0. The van der Waals surface area contributed by atoms with Crippen LogP contribution in [0.2, 0.25) is 0 Å². The first kappa shape index (κ1) is 63.1. The normalized spacial score (nSPS) is 13.7. The van der Waals surface area contributed by atoms with Crippen molar-refractivity contribution in [1.82, 2.24) is 19.7 Å². The van der Waals surface area contributed by atoms with Crippen LogP contribution in [0.1, 0.15) is 62.2 Å². The van der Waals surface area contributed by atoms with Gasteiger partial charge in [0, 0.05) is 54.0 Å². The summed E-state index contributed by atoms with van der Waals surface area (Å²) in [7, 11) is 1.19. The van der Waals surface area contributed by atoms with E-state index in [1.165, 1.54) is 63.1 Å². The van der Waals surface area contributed by atoms with Gasteiger partial charge in [-0.25, -0.2) is 31.8 Å². The number of ether oxygens (including phenoxy) is 2. The molecule has 1 atom stereocenters. The standard InChI is InChI=1S/C30H39N7O4S.C7H7ClO3S.CH3I.CH4.5HI.2V/c1-19-28(32-18-27(20(2)38)36-42(39,40)25-10-8-24(41-4)9-11-25)33-21(3)34-30(19)37-16-13-22(14-17-37)26-12-7-23-6-5-15-31-29(23)35-26;1-11-6-2-4-7(5-3-6)12(8,9)10;1-2;;;;;;;;/h7-12,22,27,36H,5-6,13-18H2,1-4H3,(H,31,35)(H,32,33,34);2-5H,1H3;1H3;1H4;5*1H;;/q;;;;;;;;;+2;+3/p-5/t27-;;;;;;;;;;/m0........../s1. The molecule has 4 heterocycles. The van der Waals surface area contributed by atoms with E-state index in [-0.39, 0.29) is 34.5 Å². The zero-order valence-corrected chi connectivity index (χ0v) is 53.2. The summed E-state index contributed by atoms with van der Waals surface area (Å²) in [4.78, 5) is 30.8. The summed E-state index contributed by atoms with van der Waals surface area (Å²) in [6, 6.07) is 15.3. The second-order valence-electron chi connectivity index (χ2n) is 13.3. The number of rotatable bonds is 12. The molecule has 0 radical (unpaired) electrons. The third kappa shape index (κ3) is 22.0. The Morgan fingerprint density at radius 3 is 1.91 bits per heavy atom. The Kier molecular flexibility index (Phi) is 32.3. The van der Waals surface area contributed by atoms with Gasteiger partial charge in [-0.1, -0.05) is 36.1 Å². The summed E-state index contributed by atoms with van der Waals surface area (Å²) in [5, 5.41) is 6.65. The molecule has 2 aromatic carbocycles. The molecule has 1 saturated heterocycles. The Hall–Kier alpha value is 1.04. The summed E-state index contributed by atoms with van der Waals surface area (Å²) in [6.45, 7) is 7.85. The molecule has 2 aromatic heterocycles. The minimum atomic E-state index is -3.93. The van der Waals surface area contributed by atoms with Crippen LogP contribution in [0, 0.1) is 13.8 Å². The molecule has 0 spiro atoms. The van der Waals surface area contributed by atoms with Crippen LogP contribution in [0.3, 0.4) is 0 Å². The molecule has 357 valence electrons. The quantitative estimate of drug-likeness (QED) is 0.0693. The van der Waals surface area contributed by atoms with E-state index < -0.39 is 25.1 Å². The predicted octanol–water partition coefficient (Wildman–Crippen LogP) is 11.3. The van der Waals surface area contributed by atoms with Crippen molar-refractivity contribution in [1.29, 1.82) is 0 Å². The molecule has 25 heteroatoms. The second-order valence-corrected chi connectivity index (χ2v) is 64.8. The number of methoxy groups -OCH3 is 2. The molecule has 1 fully saturated rings. The number of halogens is 7. The second kappa shape index (κ2) is 32.8. The molecule has 0 bridgehead atoms. The van der Waals surface area contributed by atoms with Crippen LogP contribution >= 0.6 is 133 Å². The molecule has 14 nitrogen and oxygen atoms in total. The van der Waals surface area contributed by atoms with Gasteiger partial charge >= 0.3 is 114 Å². The van der Waals surface area contributed by atoms with Crippen LogP contribution in [0.25, 0.3) is 0 Å². The number of fused-ring (bicyclic) bond motifs is 1. The number of alkyl halides is 1. The molecule has 2 aliphatic rings. The van der Waals surface area contributed by atoms with Crippen molar-refractivity contribution in [2.45, 2.75) is 75.6 Å². The third-order valence-corrected chi connectivity index (χ3v) is 12.2. The summed E-state index contributed by atoms with van der Waals surface area (Å²) >= 11 is 14.3. The fourth-order valence-electron chi connectivity index (χ4n) is 6.27. The van der Waals surface area contributed by atoms with Crippen molar-refractivity contribution in [3.05, 3.63) is 83.3 Å². The molecule has 4 aromatic rings. The molecule has 0 aliphatic carbocycles. The van der Waals surface area contributed by atoms with Crippen molar-refractivity contribution < 1.29 is 45.5 Å². The number of carbonyl (C=O) groups excluding carboxylic acids is 1. The van der Waals surface area contributed by atoms with Crippen molar-refractivity contribution in [2.24, 2.45) is 0 Å². The van der Waals surface area contributed by atoms with E-state index in [1.54, 1.807) is 12.1 Å². The number of piperidine rings is 1. The van der Waals surface area contributed by atoms with Gasteiger partial charge in [-0.3, -0.25) is 4.79 Å². The van der Waals surface area contributed by atoms with Crippen LogP contribution in [0.15, 0.2) is 70.5 Å². The topological polar surface area (TPSA) is 182 Å². The van der Waals surface area contributed by atoms with E-state index in [4.69, 9.17) is 30.1 Å². The average molecular weight is 1690 g/mol. The number of ketones is 1. The fourth-order valence-corrected chi connectivity index (χ4v) is 8.29. The Balaban J connectivity index is 0.000000775. The fraction of sp³-hybridized carbons (Fsp3) is 0.436. The molecule has 0 unspecified atom stereocenters. The monoisotopic (exact) mass is 1690 g/mol. The number of sulfonamides is 1. The number of nitrogens with one attached hydrogen (secondary N) is 3. The van der Waals surface area contributed by atoms with Crippen LogP contribution in [0.4, 0.5) is 17.5 Å². The van der Waals surface area contributed by atoms with E-state index in [1.807, 2.05) is 18.8 Å². The first-order chi connectivity index (χ1) is 29.8. The number of aryl methyl sites for hydroxylation is 2. The molecular formula is C39H53ClI6N7O7S2V2. The summed E-state index contributed by atoms with van der Waals surface area (Å²) in [6.07, 6.45) is 4.17. The predicted molar refractivity (Wildman–Crippen MR) is 306 cm³/mol. The number of aromatic nitrogens is 3. The van der Waals surface area contributed by atoms with Gasteiger partial charge in [-0.05, 0) is 112 Å². The maximum absolute atomic E-state index is 13.0. The molecule has 3 N–H and O–H groups in total. The van der Waals surface area contributed by atoms with E-state index >= 15 is 0 Å². The number of pyridine rings is 1. The first-order valence-electron chi connectivity index (χ1n) is 18.7. The summed E-state index contributed by atoms with van der Waals surface area (Å²) in [5.74, 6) is 4.29. The number of hydrogen-bond donors (Lipinski definition) is 3. The number of nitrogens with zero attached hydrogens (tertiary/aromatic N) is 4. The van der Waals surface area contributed by atoms with Crippen LogP contribution < -0.4 is 29.7 Å². The molecule has 2 aliphatic heterocycles. The Labute approximate surface area is 464 Å².